The highest BCUT2D eigenvalue weighted by molar-refractivity contribution is 6.74. The number of esters is 1. The molecule has 2 fully saturated rings. The van der Waals surface area contributed by atoms with Crippen molar-refractivity contribution in [3.63, 3.8) is 0 Å². The molecule has 58 heavy (non-hydrogen) atoms. The lowest BCUT2D eigenvalue weighted by atomic mass is 9.68. The number of alkyl halides is 3. The third-order valence-electron chi connectivity index (χ3n) is 11.8. The highest BCUT2D eigenvalue weighted by Gasteiger charge is 2.49. The fourth-order valence-electron chi connectivity index (χ4n) is 7.09. The molecule has 0 radical (unpaired) electrons. The van der Waals surface area contributed by atoms with Crippen molar-refractivity contribution in [1.29, 1.82) is 0 Å². The molecule has 1 saturated heterocycles. The molecule has 2 heterocycles. The largest absolute Gasteiger partial charge is 0.460 e. The number of aliphatic hydroxyl groups is 1. The lowest BCUT2D eigenvalue weighted by Crippen LogP contribution is -2.61. The van der Waals surface area contributed by atoms with Crippen LogP contribution in [0.15, 0.2) is 36.4 Å². The Labute approximate surface area is 359 Å². The van der Waals surface area contributed by atoms with E-state index < -0.39 is 71.7 Å². The lowest BCUT2D eigenvalue weighted by molar-refractivity contribution is -0.152. The second-order valence-electron chi connectivity index (χ2n) is 18.1. The molecule has 2 aliphatic rings. The Morgan fingerprint density at radius 1 is 1.03 bits per heavy atom. The van der Waals surface area contributed by atoms with Gasteiger partial charge in [0, 0.05) is 11.9 Å². The first kappa shape index (κ1) is 47.9. The van der Waals surface area contributed by atoms with E-state index in [1.54, 1.807) is 19.9 Å². The Kier molecular flexibility index (Phi) is 15.6. The van der Waals surface area contributed by atoms with E-state index in [4.69, 9.17) is 44.0 Å². The van der Waals surface area contributed by atoms with Crippen LogP contribution < -0.4 is 16.1 Å². The number of hydrazine groups is 1. The van der Waals surface area contributed by atoms with Crippen LogP contribution in [0.5, 0.6) is 0 Å². The van der Waals surface area contributed by atoms with Gasteiger partial charge in [-0.25, -0.2) is 5.43 Å². The SMILES string of the molecule is CC(C)[C@H](NC(=O)C1(/C=C/c2ccc3ccc([C@@H](C)O)nc3c2)CCC(C)(O[Si](C)(C)C(C)(C)C)CC1)C(=O)N[C@@H](C)C(=O)N1CCC[C@@H](C(=O)OCC(Cl)(Cl)Cl)N1. The minimum atomic E-state index is -2.13. The summed E-state index contributed by atoms with van der Waals surface area (Å²) in [5.74, 6) is -2.23. The first-order valence-electron chi connectivity index (χ1n) is 20.2. The molecule has 0 bridgehead atoms. The van der Waals surface area contributed by atoms with Gasteiger partial charge in [-0.05, 0) is 101 Å². The molecule has 12 nitrogen and oxygen atoms in total. The Bertz CT molecular complexity index is 1840. The number of benzene rings is 1. The fourth-order valence-corrected chi connectivity index (χ4v) is 9.00. The Morgan fingerprint density at radius 3 is 2.26 bits per heavy atom. The number of nitrogens with one attached hydrogen (secondary N) is 3. The maximum Gasteiger partial charge on any atom is 0.325 e. The number of carbonyl (C=O) groups is 4. The second kappa shape index (κ2) is 18.9. The number of hydrogen-bond acceptors (Lipinski definition) is 9. The van der Waals surface area contributed by atoms with Crippen LogP contribution in [0.3, 0.4) is 0 Å². The normalized spacial score (nSPS) is 23.7. The number of halogens is 3. The number of ether oxygens (including phenoxy) is 1. The van der Waals surface area contributed by atoms with Crippen molar-refractivity contribution in [3.05, 3.63) is 47.7 Å². The van der Waals surface area contributed by atoms with Gasteiger partial charge in [0.15, 0.2) is 8.32 Å². The zero-order valence-electron chi connectivity index (χ0n) is 35.5. The first-order valence-corrected chi connectivity index (χ1v) is 24.2. The van der Waals surface area contributed by atoms with Gasteiger partial charge in [-0.3, -0.25) is 29.2 Å². The minimum Gasteiger partial charge on any atom is -0.460 e. The van der Waals surface area contributed by atoms with Crippen LogP contribution in [0.2, 0.25) is 18.1 Å². The van der Waals surface area contributed by atoms with Crippen molar-refractivity contribution in [2.24, 2.45) is 11.3 Å². The summed E-state index contributed by atoms with van der Waals surface area (Å²) in [4.78, 5) is 59.3. The van der Waals surface area contributed by atoms with Gasteiger partial charge < -0.3 is 24.9 Å². The second-order valence-corrected chi connectivity index (χ2v) is 25.4. The maximum absolute atomic E-state index is 14.7. The Hall–Kier alpha value is -2.78. The third-order valence-corrected chi connectivity index (χ3v) is 16.7. The van der Waals surface area contributed by atoms with Crippen LogP contribution in [0.1, 0.15) is 111 Å². The van der Waals surface area contributed by atoms with Crippen LogP contribution in [0, 0.1) is 11.3 Å². The average molecular weight is 883 g/mol. The lowest BCUT2D eigenvalue weighted by Gasteiger charge is -2.49. The molecule has 2 aromatic rings. The average Bonchev–Trinajstić information content (AvgIpc) is 3.13. The first-order chi connectivity index (χ1) is 26.7. The molecule has 0 spiro atoms. The molecular formula is C42H62Cl3N5O7Si. The van der Waals surface area contributed by atoms with Crippen LogP contribution in [-0.2, 0) is 28.3 Å². The molecule has 4 atom stereocenters. The molecule has 1 aromatic carbocycles. The number of pyridine rings is 1. The minimum absolute atomic E-state index is 0.0144. The van der Waals surface area contributed by atoms with E-state index in [-0.39, 0.29) is 16.9 Å². The van der Waals surface area contributed by atoms with Gasteiger partial charge in [-0.2, -0.15) is 0 Å². The zero-order valence-corrected chi connectivity index (χ0v) is 38.8. The van der Waals surface area contributed by atoms with Crippen LogP contribution >= 0.6 is 34.8 Å². The van der Waals surface area contributed by atoms with E-state index in [1.165, 1.54) is 5.01 Å². The van der Waals surface area contributed by atoms with Gasteiger partial charge in [0.2, 0.25) is 15.6 Å². The molecule has 1 aliphatic carbocycles. The van der Waals surface area contributed by atoms with Crippen LogP contribution in [0.25, 0.3) is 17.0 Å². The summed E-state index contributed by atoms with van der Waals surface area (Å²) in [7, 11) is -2.13. The number of aliphatic hydroxyl groups excluding tert-OH is 1. The molecule has 1 aliphatic heterocycles. The number of nitrogens with zero attached hydrogens (tertiary/aromatic N) is 2. The molecular weight excluding hydrogens is 821 g/mol. The number of carbonyl (C=O) groups excluding carboxylic acids is 4. The Balaban J connectivity index is 1.54. The maximum atomic E-state index is 14.7. The van der Waals surface area contributed by atoms with E-state index in [9.17, 15) is 24.3 Å². The van der Waals surface area contributed by atoms with E-state index >= 15 is 0 Å². The third kappa shape index (κ3) is 12.4. The summed E-state index contributed by atoms with van der Waals surface area (Å²) >= 11 is 17.2. The number of fused-ring (bicyclic) bond motifs is 1. The predicted octanol–water partition coefficient (Wildman–Crippen LogP) is 7.70. The monoisotopic (exact) mass is 881 g/mol. The highest BCUT2D eigenvalue weighted by Crippen LogP contribution is 2.48. The van der Waals surface area contributed by atoms with Crippen molar-refractivity contribution < 1.29 is 33.4 Å². The number of hydrogen-bond donors (Lipinski definition) is 4. The summed E-state index contributed by atoms with van der Waals surface area (Å²) in [5, 5.41) is 18.2. The van der Waals surface area contributed by atoms with Gasteiger partial charge in [-0.1, -0.05) is 99.8 Å². The molecule has 0 unspecified atom stereocenters. The van der Waals surface area contributed by atoms with Crippen molar-refractivity contribution in [3.8, 4) is 0 Å². The summed E-state index contributed by atoms with van der Waals surface area (Å²) in [6.07, 6.45) is 6.35. The molecule has 4 rings (SSSR count). The van der Waals surface area contributed by atoms with E-state index in [0.29, 0.717) is 50.8 Å². The Morgan fingerprint density at radius 2 is 1.67 bits per heavy atom. The van der Waals surface area contributed by atoms with E-state index in [2.05, 4.69) is 61.8 Å². The zero-order chi connectivity index (χ0) is 43.4. The van der Waals surface area contributed by atoms with Gasteiger partial charge >= 0.3 is 5.97 Å². The number of amides is 3. The van der Waals surface area contributed by atoms with E-state index in [1.807, 2.05) is 50.3 Å². The molecule has 16 heteroatoms. The number of aromatic nitrogens is 1. The van der Waals surface area contributed by atoms with Crippen molar-refractivity contribution in [2.45, 2.75) is 146 Å². The van der Waals surface area contributed by atoms with Crippen molar-refractivity contribution in [1.82, 2.24) is 26.1 Å². The van der Waals surface area contributed by atoms with Gasteiger partial charge in [0.25, 0.3) is 5.91 Å². The molecule has 4 N–H and O–H groups in total. The number of rotatable bonds is 13. The summed E-state index contributed by atoms with van der Waals surface area (Å²) < 4.78 is 10.3. The quantitative estimate of drug-likeness (QED) is 0.0899. The summed E-state index contributed by atoms with van der Waals surface area (Å²) in [5.41, 5.74) is 3.64. The van der Waals surface area contributed by atoms with Crippen molar-refractivity contribution in [2.75, 3.05) is 13.2 Å². The standard InChI is InChI=1S/C42H62Cl3N5O7Si/c1-26(2)34(35(52)46-27(3)36(53)50-23-11-12-32(49-50)37(54)56-25-42(43,44)45)48-38(55)41(21-19-40(8,20-22-41)57-58(9,10)39(5,6)7)18-17-29-13-14-30-15-16-31(28(4)51)47-33(30)24-29/h13-18,24,26-28,32,34,49,51H,11-12,19-23,25H2,1-10H3,(H,46,52)(H,48,55)/b18-17+/t27-,28+,32-,34-,40?,41?/m0/s1. The molecule has 1 aromatic heterocycles. The van der Waals surface area contributed by atoms with Crippen LogP contribution in [-0.4, -0.2) is 87.8 Å². The molecule has 3 amide bonds. The summed E-state index contributed by atoms with van der Waals surface area (Å²) in [6, 6.07) is 6.83. The smallest absolute Gasteiger partial charge is 0.325 e. The predicted molar refractivity (Wildman–Crippen MR) is 232 cm³/mol. The molecule has 322 valence electrons. The van der Waals surface area contributed by atoms with E-state index in [0.717, 1.165) is 16.5 Å². The topological polar surface area (TPSA) is 159 Å². The van der Waals surface area contributed by atoms with Crippen LogP contribution in [0.4, 0.5) is 0 Å². The fraction of sp³-hybridized carbons (Fsp3) is 0.643. The van der Waals surface area contributed by atoms with Gasteiger partial charge in [0.05, 0.1) is 28.3 Å². The van der Waals surface area contributed by atoms with Gasteiger partial charge in [0.1, 0.15) is 24.7 Å². The van der Waals surface area contributed by atoms with Gasteiger partial charge in [-0.15, -0.1) is 0 Å². The highest BCUT2D eigenvalue weighted by atomic mass is 35.6. The molecule has 1 saturated carbocycles. The van der Waals surface area contributed by atoms with Crippen molar-refractivity contribution >= 4 is 83.8 Å². The summed E-state index contributed by atoms with van der Waals surface area (Å²) in [6.45, 7) is 20.0.